The summed E-state index contributed by atoms with van der Waals surface area (Å²) < 4.78 is 5.49. The van der Waals surface area contributed by atoms with Gasteiger partial charge < -0.3 is 20.7 Å². The molecule has 1 aromatic rings. The number of nitrogens with zero attached hydrogens (tertiary/aromatic N) is 2. The lowest BCUT2D eigenvalue weighted by Gasteiger charge is -2.31. The van der Waals surface area contributed by atoms with Crippen LogP contribution in [0.2, 0.25) is 0 Å². The third-order valence-corrected chi connectivity index (χ3v) is 4.17. The van der Waals surface area contributed by atoms with Gasteiger partial charge in [0.05, 0.1) is 6.54 Å². The molecule has 1 amide bonds. The van der Waals surface area contributed by atoms with Crippen molar-refractivity contribution in [1.82, 2.24) is 10.2 Å². The van der Waals surface area contributed by atoms with Crippen molar-refractivity contribution in [2.75, 3.05) is 26.2 Å². The Hall–Kier alpha value is -2.24. The van der Waals surface area contributed by atoms with Crippen molar-refractivity contribution in [3.63, 3.8) is 0 Å². The quantitative estimate of drug-likeness (QED) is 0.614. The van der Waals surface area contributed by atoms with Crippen LogP contribution >= 0.6 is 0 Å². The Morgan fingerprint density at radius 2 is 2.17 bits per heavy atom. The first kappa shape index (κ1) is 18.1. The Morgan fingerprint density at radius 1 is 1.42 bits per heavy atom. The lowest BCUT2D eigenvalue weighted by molar-refractivity contribution is -0.122. The van der Waals surface area contributed by atoms with E-state index in [1.165, 1.54) is 12.8 Å². The second-order valence-corrected chi connectivity index (χ2v) is 6.23. The average Bonchev–Trinajstić information content (AvgIpc) is 2.59. The highest BCUT2D eigenvalue weighted by Crippen LogP contribution is 2.17. The fraction of sp³-hybridized carbons (Fsp3) is 0.556. The molecule has 0 bridgehead atoms. The molecular weight excluding hydrogens is 304 g/mol. The predicted molar refractivity (Wildman–Crippen MR) is 95.9 cm³/mol. The first-order chi connectivity index (χ1) is 11.6. The van der Waals surface area contributed by atoms with E-state index < -0.39 is 0 Å². The lowest BCUT2D eigenvalue weighted by atomic mass is 10.00. The van der Waals surface area contributed by atoms with E-state index in [4.69, 9.17) is 10.5 Å². The number of ether oxygens (including phenoxy) is 1. The Labute approximate surface area is 144 Å². The Morgan fingerprint density at radius 3 is 2.88 bits per heavy atom. The standard InChI is InChI=1S/C18H28N4O2/c1-3-20-17(23)13-24-16-6-4-5-15(11-16)12-21-18(19)22-9-7-14(2)8-10-22/h4-6,11,14H,3,7-10,12-13H2,1-2H3,(H2,19,21)(H,20,23). The van der Waals surface area contributed by atoms with Crippen LogP contribution in [0.3, 0.4) is 0 Å². The van der Waals surface area contributed by atoms with Crippen molar-refractivity contribution in [1.29, 1.82) is 0 Å². The molecule has 0 aliphatic carbocycles. The fourth-order valence-electron chi connectivity index (χ4n) is 2.64. The number of amides is 1. The topological polar surface area (TPSA) is 79.9 Å². The van der Waals surface area contributed by atoms with Crippen molar-refractivity contribution in [2.45, 2.75) is 33.2 Å². The molecule has 24 heavy (non-hydrogen) atoms. The van der Waals surface area contributed by atoms with Gasteiger partial charge in [-0.15, -0.1) is 0 Å². The molecule has 6 heteroatoms. The Kier molecular flexibility index (Phi) is 6.90. The van der Waals surface area contributed by atoms with Crippen LogP contribution in [-0.4, -0.2) is 43.0 Å². The molecule has 0 spiro atoms. The van der Waals surface area contributed by atoms with E-state index in [1.54, 1.807) is 0 Å². The summed E-state index contributed by atoms with van der Waals surface area (Å²) in [6.07, 6.45) is 2.33. The largest absolute Gasteiger partial charge is 0.484 e. The number of nitrogens with one attached hydrogen (secondary N) is 1. The van der Waals surface area contributed by atoms with E-state index >= 15 is 0 Å². The third-order valence-electron chi connectivity index (χ3n) is 4.17. The van der Waals surface area contributed by atoms with Gasteiger partial charge in [0.1, 0.15) is 5.75 Å². The molecule has 6 nitrogen and oxygen atoms in total. The number of carbonyl (C=O) groups is 1. The summed E-state index contributed by atoms with van der Waals surface area (Å²) in [5.74, 6) is 1.92. The van der Waals surface area contributed by atoms with Gasteiger partial charge in [0.2, 0.25) is 0 Å². The minimum absolute atomic E-state index is 0.0225. The SMILES string of the molecule is CCNC(=O)COc1cccc(CN=C(N)N2CCC(C)CC2)c1. The number of carbonyl (C=O) groups excluding carboxylic acids is 1. The summed E-state index contributed by atoms with van der Waals surface area (Å²) in [5, 5.41) is 2.70. The van der Waals surface area contributed by atoms with E-state index in [9.17, 15) is 4.79 Å². The number of likely N-dealkylation sites (N-methyl/N-ethyl adjacent to an activating group) is 1. The molecule has 0 unspecified atom stereocenters. The molecule has 3 N–H and O–H groups in total. The van der Waals surface area contributed by atoms with Crippen LogP contribution in [0.5, 0.6) is 5.75 Å². The molecule has 1 aromatic carbocycles. The molecule has 2 rings (SSSR count). The highest BCUT2D eigenvalue weighted by Gasteiger charge is 2.16. The number of nitrogens with two attached hydrogens (primary N) is 1. The number of benzene rings is 1. The number of hydrogen-bond acceptors (Lipinski definition) is 3. The Balaban J connectivity index is 1.87. The molecule has 1 heterocycles. The fourth-order valence-corrected chi connectivity index (χ4v) is 2.64. The van der Waals surface area contributed by atoms with Gasteiger partial charge in [0, 0.05) is 19.6 Å². The summed E-state index contributed by atoms with van der Waals surface area (Å²) in [6, 6.07) is 7.61. The van der Waals surface area contributed by atoms with E-state index in [0.29, 0.717) is 24.8 Å². The van der Waals surface area contributed by atoms with Crippen LogP contribution < -0.4 is 15.8 Å². The van der Waals surface area contributed by atoms with Gasteiger partial charge in [-0.3, -0.25) is 4.79 Å². The summed E-state index contributed by atoms with van der Waals surface area (Å²) in [5.41, 5.74) is 7.11. The lowest BCUT2D eigenvalue weighted by Crippen LogP contribution is -2.42. The molecule has 132 valence electrons. The maximum atomic E-state index is 11.4. The monoisotopic (exact) mass is 332 g/mol. The van der Waals surface area contributed by atoms with Gasteiger partial charge >= 0.3 is 0 Å². The maximum absolute atomic E-state index is 11.4. The van der Waals surface area contributed by atoms with Crippen LogP contribution in [0.1, 0.15) is 32.3 Å². The molecule has 0 radical (unpaired) electrons. The minimum Gasteiger partial charge on any atom is -0.484 e. The zero-order valence-electron chi connectivity index (χ0n) is 14.6. The van der Waals surface area contributed by atoms with E-state index in [0.717, 1.165) is 24.6 Å². The minimum atomic E-state index is -0.121. The molecule has 1 aliphatic heterocycles. The van der Waals surface area contributed by atoms with Gasteiger partial charge in [0.25, 0.3) is 5.91 Å². The van der Waals surface area contributed by atoms with Crippen LogP contribution in [-0.2, 0) is 11.3 Å². The van der Waals surface area contributed by atoms with Crippen molar-refractivity contribution in [2.24, 2.45) is 16.6 Å². The molecule has 1 aliphatic rings. The van der Waals surface area contributed by atoms with Crippen molar-refractivity contribution in [3.05, 3.63) is 29.8 Å². The van der Waals surface area contributed by atoms with Crippen LogP contribution in [0.25, 0.3) is 0 Å². The predicted octanol–water partition coefficient (Wildman–Crippen LogP) is 1.75. The molecule has 0 atom stereocenters. The van der Waals surface area contributed by atoms with E-state index in [2.05, 4.69) is 22.1 Å². The van der Waals surface area contributed by atoms with E-state index in [-0.39, 0.29) is 12.5 Å². The van der Waals surface area contributed by atoms with Crippen LogP contribution in [0.4, 0.5) is 0 Å². The van der Waals surface area contributed by atoms with Gasteiger partial charge in [-0.05, 0) is 43.4 Å². The van der Waals surface area contributed by atoms with Crippen molar-refractivity contribution < 1.29 is 9.53 Å². The second kappa shape index (κ2) is 9.15. The van der Waals surface area contributed by atoms with Crippen LogP contribution in [0, 0.1) is 5.92 Å². The molecule has 1 fully saturated rings. The van der Waals surface area contributed by atoms with Gasteiger partial charge in [0.15, 0.2) is 12.6 Å². The number of likely N-dealkylation sites (tertiary alicyclic amines) is 1. The summed E-state index contributed by atoms with van der Waals surface area (Å²) in [4.78, 5) is 18.1. The number of hydrogen-bond donors (Lipinski definition) is 2. The van der Waals surface area contributed by atoms with Gasteiger partial charge in [-0.25, -0.2) is 4.99 Å². The molecule has 0 saturated carbocycles. The number of guanidine groups is 1. The first-order valence-electron chi connectivity index (χ1n) is 8.61. The molecular formula is C18H28N4O2. The highest BCUT2D eigenvalue weighted by molar-refractivity contribution is 5.78. The summed E-state index contributed by atoms with van der Waals surface area (Å²) in [6.45, 7) is 7.25. The zero-order valence-corrected chi connectivity index (χ0v) is 14.6. The van der Waals surface area contributed by atoms with E-state index in [1.807, 2.05) is 31.2 Å². The third kappa shape index (κ3) is 5.76. The number of rotatable bonds is 6. The van der Waals surface area contributed by atoms with Crippen LogP contribution in [0.15, 0.2) is 29.3 Å². The average molecular weight is 332 g/mol. The Bertz CT molecular complexity index is 566. The maximum Gasteiger partial charge on any atom is 0.257 e. The van der Waals surface area contributed by atoms with Gasteiger partial charge in [-0.2, -0.15) is 0 Å². The summed E-state index contributed by atoms with van der Waals surface area (Å²) in [7, 11) is 0. The van der Waals surface area contributed by atoms with Gasteiger partial charge in [-0.1, -0.05) is 19.1 Å². The van der Waals surface area contributed by atoms with Crippen molar-refractivity contribution in [3.8, 4) is 5.75 Å². The smallest absolute Gasteiger partial charge is 0.257 e. The molecule has 0 aromatic heterocycles. The number of aliphatic imine (C=N–C) groups is 1. The first-order valence-corrected chi connectivity index (χ1v) is 8.61. The second-order valence-electron chi connectivity index (χ2n) is 6.23. The zero-order chi connectivity index (χ0) is 17.4. The van der Waals surface area contributed by atoms with Crippen molar-refractivity contribution >= 4 is 11.9 Å². The normalized spacial score (nSPS) is 16.1. The molecule has 1 saturated heterocycles. The highest BCUT2D eigenvalue weighted by atomic mass is 16.5. The summed E-state index contributed by atoms with van der Waals surface area (Å²) >= 11 is 0. The number of piperidine rings is 1.